The van der Waals surface area contributed by atoms with Crippen molar-refractivity contribution in [1.29, 1.82) is 0 Å². The summed E-state index contributed by atoms with van der Waals surface area (Å²) < 4.78 is 6.15. The maximum absolute atomic E-state index is 11.4. The number of nitrogens with one attached hydrogen (secondary N) is 1. The van der Waals surface area contributed by atoms with Crippen molar-refractivity contribution in [2.45, 2.75) is 57.3 Å². The van der Waals surface area contributed by atoms with E-state index in [1.807, 2.05) is 24.3 Å². The fourth-order valence-electron chi connectivity index (χ4n) is 3.42. The van der Waals surface area contributed by atoms with Gasteiger partial charge in [-0.2, -0.15) is 0 Å². The number of carbonyl (C=O) groups is 2. The third kappa shape index (κ3) is 5.65. The van der Waals surface area contributed by atoms with E-state index in [-0.39, 0.29) is 16.8 Å². The van der Waals surface area contributed by atoms with E-state index in [4.69, 9.17) is 4.74 Å². The second-order valence-electron chi connectivity index (χ2n) is 7.35. The molecule has 1 aromatic heterocycles. The maximum Gasteiger partial charge on any atom is 0.345 e. The molecule has 0 saturated carbocycles. The lowest BCUT2D eigenvalue weighted by atomic mass is 10.00. The number of thiophene rings is 1. The maximum atomic E-state index is 11.4. The summed E-state index contributed by atoms with van der Waals surface area (Å²) in [4.78, 5) is 23.8. The first-order chi connectivity index (χ1) is 14.0. The first-order valence-corrected chi connectivity index (χ1v) is 10.8. The molecular weight excluding hydrogens is 390 g/mol. The summed E-state index contributed by atoms with van der Waals surface area (Å²) in [6.45, 7) is 2.45. The van der Waals surface area contributed by atoms with E-state index in [0.29, 0.717) is 13.0 Å². The van der Waals surface area contributed by atoms with Gasteiger partial charge in [0.15, 0.2) is 0 Å². The van der Waals surface area contributed by atoms with E-state index in [0.717, 1.165) is 41.7 Å². The highest BCUT2D eigenvalue weighted by Crippen LogP contribution is 2.33. The molecule has 2 heterocycles. The minimum atomic E-state index is -0.961. The zero-order chi connectivity index (χ0) is 20.8. The van der Waals surface area contributed by atoms with Gasteiger partial charge in [-0.15, -0.1) is 11.3 Å². The number of carbonyl (C=O) groups excluding carboxylic acids is 1. The standard InChI is InChI=1S/C22H27NO5S/c1-2-3-4-17(24)14-5-7-15(8-6-14)21(18-10-11-19(29-18)22(26)27)28-13-16-9-12-20(25)23-16/h5-8,10-11,16-17,21,24H,2-4,9,12-13H2,1H3,(H,23,25)(H,26,27). The van der Waals surface area contributed by atoms with Crippen molar-refractivity contribution in [3.63, 3.8) is 0 Å². The molecule has 29 heavy (non-hydrogen) atoms. The first-order valence-electron chi connectivity index (χ1n) is 9.99. The van der Waals surface area contributed by atoms with E-state index in [2.05, 4.69) is 12.2 Å². The molecule has 1 aliphatic heterocycles. The van der Waals surface area contributed by atoms with E-state index in [1.54, 1.807) is 12.1 Å². The normalized spacial score (nSPS) is 18.4. The number of rotatable bonds is 10. The van der Waals surface area contributed by atoms with Crippen LogP contribution in [0.5, 0.6) is 0 Å². The molecule has 7 heteroatoms. The topological polar surface area (TPSA) is 95.9 Å². The number of ether oxygens (including phenoxy) is 1. The minimum Gasteiger partial charge on any atom is -0.477 e. The minimum absolute atomic E-state index is 0.0287. The SMILES string of the molecule is CCCCC(O)c1ccc(C(OCC2CCC(=O)N2)c2ccc(C(=O)O)s2)cc1. The summed E-state index contributed by atoms with van der Waals surface area (Å²) in [5.41, 5.74) is 1.75. The van der Waals surface area contributed by atoms with Crippen LogP contribution in [0.4, 0.5) is 0 Å². The van der Waals surface area contributed by atoms with Gasteiger partial charge in [0.1, 0.15) is 11.0 Å². The number of hydrogen-bond acceptors (Lipinski definition) is 5. The second-order valence-corrected chi connectivity index (χ2v) is 8.46. The van der Waals surface area contributed by atoms with Crippen molar-refractivity contribution in [2.75, 3.05) is 6.61 Å². The van der Waals surface area contributed by atoms with Crippen LogP contribution in [-0.4, -0.2) is 34.7 Å². The summed E-state index contributed by atoms with van der Waals surface area (Å²) in [6, 6.07) is 11.0. The Hall–Kier alpha value is -2.22. The Morgan fingerprint density at radius 2 is 1.97 bits per heavy atom. The smallest absolute Gasteiger partial charge is 0.345 e. The average Bonchev–Trinajstić information content (AvgIpc) is 3.36. The Kier molecular flexibility index (Phi) is 7.41. The number of aromatic carboxylic acids is 1. The third-order valence-corrected chi connectivity index (χ3v) is 6.22. The number of carboxylic acid groups (broad SMARTS) is 1. The van der Waals surface area contributed by atoms with Crippen LogP contribution in [0.25, 0.3) is 0 Å². The predicted molar refractivity (Wildman–Crippen MR) is 111 cm³/mol. The van der Waals surface area contributed by atoms with Gasteiger partial charge in [0.2, 0.25) is 5.91 Å². The van der Waals surface area contributed by atoms with Crippen molar-refractivity contribution < 1.29 is 24.5 Å². The van der Waals surface area contributed by atoms with Gasteiger partial charge < -0.3 is 20.3 Å². The zero-order valence-electron chi connectivity index (χ0n) is 16.5. The van der Waals surface area contributed by atoms with Gasteiger partial charge >= 0.3 is 5.97 Å². The Balaban J connectivity index is 1.77. The van der Waals surface area contributed by atoms with Crippen molar-refractivity contribution >= 4 is 23.2 Å². The van der Waals surface area contributed by atoms with E-state index in [9.17, 15) is 19.8 Å². The number of carboxylic acids is 1. The Morgan fingerprint density at radius 1 is 1.24 bits per heavy atom. The molecule has 3 unspecified atom stereocenters. The van der Waals surface area contributed by atoms with Gasteiger partial charge in [0.05, 0.1) is 18.8 Å². The Morgan fingerprint density at radius 3 is 2.55 bits per heavy atom. The monoisotopic (exact) mass is 417 g/mol. The van der Waals surface area contributed by atoms with Crippen molar-refractivity contribution in [3.8, 4) is 0 Å². The molecule has 3 atom stereocenters. The Bertz CT molecular complexity index is 832. The largest absolute Gasteiger partial charge is 0.477 e. The molecule has 0 radical (unpaired) electrons. The van der Waals surface area contributed by atoms with Gasteiger partial charge in [0.25, 0.3) is 0 Å². The number of unbranched alkanes of at least 4 members (excludes halogenated alkanes) is 1. The van der Waals surface area contributed by atoms with E-state index in [1.165, 1.54) is 11.3 Å². The summed E-state index contributed by atoms with van der Waals surface area (Å²) in [7, 11) is 0. The average molecular weight is 418 g/mol. The number of hydrogen-bond donors (Lipinski definition) is 3. The molecule has 1 aliphatic rings. The van der Waals surface area contributed by atoms with Crippen LogP contribution in [0.15, 0.2) is 36.4 Å². The molecule has 156 valence electrons. The van der Waals surface area contributed by atoms with Gasteiger partial charge in [-0.25, -0.2) is 4.79 Å². The van der Waals surface area contributed by atoms with E-state index < -0.39 is 18.2 Å². The lowest BCUT2D eigenvalue weighted by Gasteiger charge is -2.20. The predicted octanol–water partition coefficient (Wildman–Crippen LogP) is 4.05. The van der Waals surface area contributed by atoms with Crippen LogP contribution in [0, 0.1) is 0 Å². The molecule has 0 aliphatic carbocycles. The zero-order valence-corrected chi connectivity index (χ0v) is 17.3. The van der Waals surface area contributed by atoms with Crippen LogP contribution in [0.1, 0.15) is 76.9 Å². The molecule has 1 saturated heterocycles. The Labute approximate surface area is 174 Å². The molecule has 3 N–H and O–H groups in total. The highest BCUT2D eigenvalue weighted by atomic mass is 32.1. The lowest BCUT2D eigenvalue weighted by Crippen LogP contribution is -2.30. The van der Waals surface area contributed by atoms with Gasteiger partial charge in [-0.3, -0.25) is 4.79 Å². The molecule has 2 aromatic rings. The van der Waals surface area contributed by atoms with Crippen LogP contribution in [0.2, 0.25) is 0 Å². The van der Waals surface area contributed by atoms with Crippen LogP contribution < -0.4 is 5.32 Å². The fourth-order valence-corrected chi connectivity index (χ4v) is 4.35. The quantitative estimate of drug-likeness (QED) is 0.542. The van der Waals surface area contributed by atoms with Gasteiger partial charge in [-0.05, 0) is 36.1 Å². The highest BCUT2D eigenvalue weighted by molar-refractivity contribution is 7.14. The molecule has 1 amide bonds. The molecule has 1 fully saturated rings. The number of aliphatic hydroxyl groups is 1. The van der Waals surface area contributed by atoms with Gasteiger partial charge in [-0.1, -0.05) is 44.0 Å². The molecule has 6 nitrogen and oxygen atoms in total. The van der Waals surface area contributed by atoms with Crippen molar-refractivity contribution in [2.24, 2.45) is 0 Å². The molecular formula is C22H27NO5S. The van der Waals surface area contributed by atoms with Gasteiger partial charge in [0, 0.05) is 11.3 Å². The molecule has 3 rings (SSSR count). The molecule has 0 spiro atoms. The van der Waals surface area contributed by atoms with Crippen molar-refractivity contribution in [1.82, 2.24) is 5.32 Å². The van der Waals surface area contributed by atoms with Crippen molar-refractivity contribution in [3.05, 3.63) is 57.3 Å². The number of amides is 1. The third-order valence-electron chi connectivity index (χ3n) is 5.10. The second kappa shape index (κ2) is 10.0. The molecule has 1 aromatic carbocycles. The molecule has 0 bridgehead atoms. The van der Waals surface area contributed by atoms with Crippen LogP contribution in [-0.2, 0) is 9.53 Å². The first kappa shape index (κ1) is 21.5. The summed E-state index contributed by atoms with van der Waals surface area (Å²) >= 11 is 1.19. The number of aliphatic hydroxyl groups excluding tert-OH is 1. The fraction of sp³-hybridized carbons (Fsp3) is 0.455. The van der Waals surface area contributed by atoms with Crippen LogP contribution in [0.3, 0.4) is 0 Å². The lowest BCUT2D eigenvalue weighted by molar-refractivity contribution is -0.119. The van der Waals surface area contributed by atoms with Crippen LogP contribution >= 0.6 is 11.3 Å². The van der Waals surface area contributed by atoms with E-state index >= 15 is 0 Å². The number of benzene rings is 1. The summed E-state index contributed by atoms with van der Waals surface area (Å²) in [5, 5.41) is 22.4. The highest BCUT2D eigenvalue weighted by Gasteiger charge is 2.25. The summed E-state index contributed by atoms with van der Waals surface area (Å²) in [5.74, 6) is -0.928. The summed E-state index contributed by atoms with van der Waals surface area (Å²) in [6.07, 6.45) is 3.06.